The molecule has 0 aliphatic rings. The van der Waals surface area contributed by atoms with Gasteiger partial charge in [-0.05, 0) is 48.5 Å². The monoisotopic (exact) mass is 450 g/mol. The Morgan fingerprint density at radius 3 is 2.03 bits per heavy atom. The summed E-state index contributed by atoms with van der Waals surface area (Å²) in [5.74, 6) is 0.915. The van der Waals surface area contributed by atoms with E-state index in [4.69, 9.17) is 13.8 Å². The molecule has 4 heteroatoms. The second-order valence-corrected chi connectivity index (χ2v) is 8.85. The van der Waals surface area contributed by atoms with Gasteiger partial charge >= 0.3 is 0 Å². The van der Waals surface area contributed by atoms with Gasteiger partial charge in [0.2, 0.25) is 0 Å². The van der Waals surface area contributed by atoms with Crippen molar-refractivity contribution in [3.63, 3.8) is 0 Å². The fourth-order valence-electron chi connectivity index (χ4n) is 5.19. The van der Waals surface area contributed by atoms with E-state index in [0.29, 0.717) is 0 Å². The molecule has 0 aliphatic carbocycles. The van der Waals surface area contributed by atoms with Crippen LogP contribution in [0.15, 0.2) is 118 Å². The molecule has 164 valence electrons. The van der Waals surface area contributed by atoms with Crippen molar-refractivity contribution < 1.29 is 8.83 Å². The molecule has 8 rings (SSSR count). The number of imidazole rings is 1. The van der Waals surface area contributed by atoms with Gasteiger partial charge in [0.25, 0.3) is 0 Å². The maximum atomic E-state index is 6.29. The highest BCUT2D eigenvalue weighted by Gasteiger charge is 2.17. The van der Waals surface area contributed by atoms with Crippen molar-refractivity contribution in [1.82, 2.24) is 9.55 Å². The molecule has 4 nitrogen and oxygen atoms in total. The molecule has 0 aliphatic heterocycles. The van der Waals surface area contributed by atoms with Crippen molar-refractivity contribution in [2.45, 2.75) is 0 Å². The third-order valence-electron chi connectivity index (χ3n) is 6.80. The fraction of sp³-hybridized carbons (Fsp3) is 0. The van der Waals surface area contributed by atoms with Crippen LogP contribution in [0.4, 0.5) is 0 Å². The molecule has 0 saturated heterocycles. The lowest BCUT2D eigenvalue weighted by Crippen LogP contribution is -1.97. The topological polar surface area (TPSA) is 44.1 Å². The minimum atomic E-state index is 0.853. The molecular weight excluding hydrogens is 432 g/mol. The molecular formula is C31H18N2O2. The van der Waals surface area contributed by atoms with Crippen molar-refractivity contribution >= 4 is 54.9 Å². The summed E-state index contributed by atoms with van der Waals surface area (Å²) in [6, 6.07) is 37.2. The summed E-state index contributed by atoms with van der Waals surface area (Å²) in [4.78, 5) is 4.98. The van der Waals surface area contributed by atoms with E-state index in [0.717, 1.165) is 72.0 Å². The minimum absolute atomic E-state index is 0.853. The Hall–Kier alpha value is -4.83. The van der Waals surface area contributed by atoms with E-state index in [9.17, 15) is 0 Å². The zero-order valence-electron chi connectivity index (χ0n) is 18.6. The predicted molar refractivity (Wildman–Crippen MR) is 141 cm³/mol. The van der Waals surface area contributed by atoms with Crippen LogP contribution in [0.5, 0.6) is 0 Å². The standard InChI is InChI=1S/C31H18N2O2/c1-2-8-19(9-3-1)31-32-25-11-5-6-12-26(25)33(31)20-14-15-28-22(16-20)24-18-29-23(17-30(24)35-28)21-10-4-7-13-27(21)34-29/h1-18H. The Morgan fingerprint density at radius 1 is 0.514 bits per heavy atom. The van der Waals surface area contributed by atoms with Crippen LogP contribution in [0.3, 0.4) is 0 Å². The van der Waals surface area contributed by atoms with Crippen molar-refractivity contribution in [3.05, 3.63) is 109 Å². The molecule has 0 spiro atoms. The van der Waals surface area contributed by atoms with Gasteiger partial charge < -0.3 is 8.83 Å². The summed E-state index contributed by atoms with van der Waals surface area (Å²) in [5.41, 5.74) is 7.61. The Morgan fingerprint density at radius 2 is 1.17 bits per heavy atom. The van der Waals surface area contributed by atoms with Gasteiger partial charge in [-0.15, -0.1) is 0 Å². The minimum Gasteiger partial charge on any atom is -0.456 e. The highest BCUT2D eigenvalue weighted by molar-refractivity contribution is 6.15. The van der Waals surface area contributed by atoms with E-state index in [1.165, 1.54) is 0 Å². The van der Waals surface area contributed by atoms with Gasteiger partial charge in [-0.25, -0.2) is 4.98 Å². The van der Waals surface area contributed by atoms with Crippen molar-refractivity contribution in [3.8, 4) is 17.1 Å². The molecule has 0 N–H and O–H groups in total. The summed E-state index contributed by atoms with van der Waals surface area (Å²) in [7, 11) is 0. The molecule has 0 fully saturated rings. The van der Waals surface area contributed by atoms with E-state index >= 15 is 0 Å². The summed E-state index contributed by atoms with van der Waals surface area (Å²) >= 11 is 0. The molecule has 5 aromatic carbocycles. The third-order valence-corrected chi connectivity index (χ3v) is 6.80. The largest absolute Gasteiger partial charge is 0.456 e. The van der Waals surface area contributed by atoms with Crippen molar-refractivity contribution in [1.29, 1.82) is 0 Å². The zero-order chi connectivity index (χ0) is 22.9. The number of nitrogens with zero attached hydrogens (tertiary/aromatic N) is 2. The SMILES string of the molecule is c1ccc(-c2nc3ccccc3n2-c2ccc3oc4cc5c(cc4c3c2)oc2ccccc25)cc1. The number of rotatable bonds is 2. The molecule has 3 heterocycles. The number of fused-ring (bicyclic) bond motifs is 7. The van der Waals surface area contributed by atoms with Gasteiger partial charge in [-0.2, -0.15) is 0 Å². The first-order valence-corrected chi connectivity index (χ1v) is 11.6. The number of aromatic nitrogens is 2. The van der Waals surface area contributed by atoms with Gasteiger partial charge in [0.05, 0.1) is 11.0 Å². The van der Waals surface area contributed by atoms with Gasteiger partial charge in [0, 0.05) is 32.8 Å². The van der Waals surface area contributed by atoms with Gasteiger partial charge in [0.15, 0.2) is 0 Å². The molecule has 0 saturated carbocycles. The second-order valence-electron chi connectivity index (χ2n) is 8.85. The number of furan rings is 2. The van der Waals surface area contributed by atoms with Crippen LogP contribution in [-0.4, -0.2) is 9.55 Å². The lowest BCUT2D eigenvalue weighted by Gasteiger charge is -2.10. The molecule has 3 aromatic heterocycles. The Bertz CT molecular complexity index is 2060. The van der Waals surface area contributed by atoms with Gasteiger partial charge in [-0.3, -0.25) is 4.57 Å². The molecule has 0 radical (unpaired) electrons. The first-order valence-electron chi connectivity index (χ1n) is 11.6. The number of para-hydroxylation sites is 3. The van der Waals surface area contributed by atoms with E-state index in [1.807, 2.05) is 48.5 Å². The molecule has 0 bridgehead atoms. The molecule has 0 unspecified atom stereocenters. The third kappa shape index (κ3) is 2.65. The summed E-state index contributed by atoms with van der Waals surface area (Å²) in [6.07, 6.45) is 0. The number of hydrogen-bond acceptors (Lipinski definition) is 3. The lowest BCUT2D eigenvalue weighted by molar-refractivity contribution is 0.664. The molecule has 8 aromatic rings. The van der Waals surface area contributed by atoms with Crippen LogP contribution in [0.25, 0.3) is 72.0 Å². The van der Waals surface area contributed by atoms with Crippen molar-refractivity contribution in [2.24, 2.45) is 0 Å². The maximum Gasteiger partial charge on any atom is 0.145 e. The fourth-order valence-corrected chi connectivity index (χ4v) is 5.19. The van der Waals surface area contributed by atoms with E-state index in [-0.39, 0.29) is 0 Å². The Labute approximate surface area is 199 Å². The highest BCUT2D eigenvalue weighted by atomic mass is 16.3. The predicted octanol–water partition coefficient (Wildman–Crippen LogP) is 8.49. The van der Waals surface area contributed by atoms with Crippen LogP contribution in [0.2, 0.25) is 0 Å². The quantitative estimate of drug-likeness (QED) is 0.265. The molecule has 0 amide bonds. The van der Waals surface area contributed by atoms with Crippen LogP contribution in [-0.2, 0) is 0 Å². The van der Waals surface area contributed by atoms with Gasteiger partial charge in [-0.1, -0.05) is 60.7 Å². The zero-order valence-corrected chi connectivity index (χ0v) is 18.6. The van der Waals surface area contributed by atoms with Crippen LogP contribution < -0.4 is 0 Å². The van der Waals surface area contributed by atoms with E-state index < -0.39 is 0 Å². The lowest BCUT2D eigenvalue weighted by atomic mass is 10.1. The number of hydrogen-bond donors (Lipinski definition) is 0. The second kappa shape index (κ2) is 6.84. The van der Waals surface area contributed by atoms with Gasteiger partial charge in [0.1, 0.15) is 28.2 Å². The summed E-state index contributed by atoms with van der Waals surface area (Å²) in [6.45, 7) is 0. The van der Waals surface area contributed by atoms with Crippen molar-refractivity contribution in [2.75, 3.05) is 0 Å². The summed E-state index contributed by atoms with van der Waals surface area (Å²) in [5, 5.41) is 4.26. The van der Waals surface area contributed by atoms with Crippen LogP contribution in [0.1, 0.15) is 0 Å². The average Bonchev–Trinajstić information content (AvgIpc) is 3.58. The van der Waals surface area contributed by atoms with E-state index in [1.54, 1.807) is 0 Å². The first-order chi connectivity index (χ1) is 17.3. The molecule has 35 heavy (non-hydrogen) atoms. The Kier molecular flexibility index (Phi) is 3.63. The van der Waals surface area contributed by atoms with Crippen LogP contribution in [0, 0.1) is 0 Å². The summed E-state index contributed by atoms with van der Waals surface area (Å²) < 4.78 is 14.7. The molecule has 0 atom stereocenters. The van der Waals surface area contributed by atoms with E-state index in [2.05, 4.69) is 65.2 Å². The highest BCUT2D eigenvalue weighted by Crippen LogP contribution is 2.38. The first kappa shape index (κ1) is 18.6. The Balaban J connectivity index is 1.42. The number of benzene rings is 5. The maximum absolute atomic E-state index is 6.29. The average molecular weight is 450 g/mol. The van der Waals surface area contributed by atoms with Crippen LogP contribution >= 0.6 is 0 Å². The normalized spacial score (nSPS) is 12.0. The smallest absolute Gasteiger partial charge is 0.145 e.